The van der Waals surface area contributed by atoms with Crippen LogP contribution in [0.3, 0.4) is 0 Å². The van der Waals surface area contributed by atoms with E-state index in [1.807, 2.05) is 25.1 Å². The van der Waals surface area contributed by atoms with Crippen LogP contribution in [0.15, 0.2) is 70.2 Å². The van der Waals surface area contributed by atoms with E-state index in [-0.39, 0.29) is 23.8 Å². The van der Waals surface area contributed by atoms with E-state index in [1.54, 1.807) is 18.5 Å². The Morgan fingerprint density at radius 3 is 2.55 bits per heavy atom. The summed E-state index contributed by atoms with van der Waals surface area (Å²) in [5.74, 6) is -1.56. The van der Waals surface area contributed by atoms with Gasteiger partial charge in [0, 0.05) is 34.5 Å². The van der Waals surface area contributed by atoms with Crippen LogP contribution in [0.5, 0.6) is 0 Å². The molecule has 1 aliphatic rings. The Kier molecular flexibility index (Phi) is 5.86. The topological polar surface area (TPSA) is 112 Å². The van der Waals surface area contributed by atoms with Crippen molar-refractivity contribution in [3.8, 4) is 0 Å². The van der Waals surface area contributed by atoms with E-state index in [1.165, 1.54) is 12.2 Å². The largest absolute Gasteiger partial charge is 0.395 e. The predicted octanol–water partition coefficient (Wildman–Crippen LogP) is 4.21. The van der Waals surface area contributed by atoms with Gasteiger partial charge in [0.25, 0.3) is 10.9 Å². The second-order valence-electron chi connectivity index (χ2n) is 7.89. The van der Waals surface area contributed by atoms with Crippen molar-refractivity contribution in [2.75, 3.05) is 16.0 Å². The molecule has 0 bridgehead atoms. The highest BCUT2D eigenvalue weighted by atomic mass is 19.4. The zero-order valence-electron chi connectivity index (χ0n) is 17.6. The maximum Gasteiger partial charge on any atom is 0.395 e. The number of anilines is 4. The van der Waals surface area contributed by atoms with Crippen LogP contribution >= 0.6 is 0 Å². The first kappa shape index (κ1) is 22.4. The van der Waals surface area contributed by atoms with E-state index >= 15 is 0 Å². The molecule has 1 aliphatic carbocycles. The van der Waals surface area contributed by atoms with Crippen LogP contribution in [-0.2, 0) is 0 Å². The molecule has 172 valence electrons. The molecule has 7 nitrogen and oxygen atoms in total. The van der Waals surface area contributed by atoms with Gasteiger partial charge < -0.3 is 26.7 Å². The smallest absolute Gasteiger partial charge is 0.362 e. The van der Waals surface area contributed by atoms with Crippen molar-refractivity contribution < 1.29 is 13.2 Å². The van der Waals surface area contributed by atoms with Crippen LogP contribution in [0, 0.1) is 5.92 Å². The maximum atomic E-state index is 12.8. The molecule has 0 aliphatic heterocycles. The van der Waals surface area contributed by atoms with Crippen LogP contribution in [-0.4, -0.2) is 17.2 Å². The molecule has 0 amide bonds. The predicted molar refractivity (Wildman–Crippen MR) is 124 cm³/mol. The summed E-state index contributed by atoms with van der Waals surface area (Å²) < 4.78 is 38.5. The van der Waals surface area contributed by atoms with E-state index in [4.69, 9.17) is 5.73 Å². The first-order valence-electron chi connectivity index (χ1n) is 10.3. The van der Waals surface area contributed by atoms with Crippen LogP contribution in [0.1, 0.15) is 13.3 Å². The lowest BCUT2D eigenvalue weighted by molar-refractivity contribution is -0.160. The summed E-state index contributed by atoms with van der Waals surface area (Å²) in [5.41, 5.74) is 6.85. The number of nitrogens with one attached hydrogen (secondary N) is 4. The zero-order valence-corrected chi connectivity index (χ0v) is 17.6. The van der Waals surface area contributed by atoms with Gasteiger partial charge in [0.05, 0.1) is 11.6 Å². The molecule has 6 N–H and O–H groups in total. The third kappa shape index (κ3) is 4.70. The number of H-pyrrole nitrogens is 1. The highest BCUT2D eigenvalue weighted by Crippen LogP contribution is 2.34. The van der Waals surface area contributed by atoms with Crippen molar-refractivity contribution in [1.82, 2.24) is 4.98 Å². The minimum absolute atomic E-state index is 0.0184. The number of halogens is 3. The highest BCUT2D eigenvalue weighted by molar-refractivity contribution is 5.97. The van der Waals surface area contributed by atoms with E-state index in [2.05, 4.69) is 20.9 Å². The number of aromatic amines is 1. The lowest BCUT2D eigenvalue weighted by Crippen LogP contribution is -2.36. The molecular weight excluding hydrogens is 435 g/mol. The fourth-order valence-corrected chi connectivity index (χ4v) is 3.47. The number of benzene rings is 1. The van der Waals surface area contributed by atoms with Gasteiger partial charge in [-0.1, -0.05) is 18.2 Å². The normalized spacial score (nSPS) is 17.5. The Labute approximate surface area is 186 Å². The molecule has 33 heavy (non-hydrogen) atoms. The standard InChI is InChI=1S/C23H22F3N5O2/c1-12(27)8-9-28-15-6-7-17-16(10-15)18(11-29-17)31-20-19(21(32)22(20)33)30-14-4-2-13(3-5-14)23(24,25)26/h2,4-13,28-31H,3,27H2,1H3/b9-8-. The van der Waals surface area contributed by atoms with Crippen molar-refractivity contribution in [2.45, 2.75) is 25.6 Å². The van der Waals surface area contributed by atoms with Gasteiger partial charge in [-0.15, -0.1) is 0 Å². The number of hydrogen-bond acceptors (Lipinski definition) is 6. The van der Waals surface area contributed by atoms with Crippen LogP contribution in [0.4, 0.5) is 35.9 Å². The molecule has 10 heteroatoms. The first-order chi connectivity index (χ1) is 15.6. The third-order valence-corrected chi connectivity index (χ3v) is 5.29. The fourth-order valence-electron chi connectivity index (χ4n) is 3.47. The van der Waals surface area contributed by atoms with Gasteiger partial charge in [-0.3, -0.25) is 9.59 Å². The number of nitrogens with two attached hydrogens (primary N) is 1. The summed E-state index contributed by atoms with van der Waals surface area (Å²) in [5, 5.41) is 9.64. The van der Waals surface area contributed by atoms with E-state index in [0.29, 0.717) is 11.4 Å². The SMILES string of the molecule is CC(N)/C=C\Nc1ccc2[nH]cc(Nc3c(NC4=CCC(C(F)(F)F)C=C4)c(=O)c3=O)c2c1. The second kappa shape index (κ2) is 8.62. The van der Waals surface area contributed by atoms with Gasteiger partial charge >= 0.3 is 6.18 Å². The monoisotopic (exact) mass is 457 g/mol. The van der Waals surface area contributed by atoms with Gasteiger partial charge in [-0.25, -0.2) is 0 Å². The fraction of sp³-hybridized carbons (Fsp3) is 0.217. The minimum Gasteiger partial charge on any atom is -0.362 e. The number of allylic oxidation sites excluding steroid dienone is 3. The van der Waals surface area contributed by atoms with Gasteiger partial charge in [0.15, 0.2) is 0 Å². The number of hydrogen-bond donors (Lipinski definition) is 5. The molecule has 2 unspecified atom stereocenters. The molecule has 0 spiro atoms. The molecule has 4 rings (SSSR count). The molecule has 1 heterocycles. The number of aromatic nitrogens is 1. The highest BCUT2D eigenvalue weighted by Gasteiger charge is 2.38. The Hall–Kier alpha value is -3.79. The van der Waals surface area contributed by atoms with Gasteiger partial charge in [-0.05, 0) is 43.8 Å². The minimum atomic E-state index is -4.33. The van der Waals surface area contributed by atoms with Crippen molar-refractivity contribution in [2.24, 2.45) is 11.7 Å². The molecule has 0 radical (unpaired) electrons. The first-order valence-corrected chi connectivity index (χ1v) is 10.3. The second-order valence-corrected chi connectivity index (χ2v) is 7.89. The van der Waals surface area contributed by atoms with Crippen molar-refractivity contribution in [3.05, 3.63) is 81.0 Å². The summed E-state index contributed by atoms with van der Waals surface area (Å²) in [4.78, 5) is 27.4. The molecule has 0 fully saturated rings. The molecule has 2 atom stereocenters. The quantitative estimate of drug-likeness (QED) is 0.340. The number of alkyl halides is 3. The van der Waals surface area contributed by atoms with Gasteiger partial charge in [-0.2, -0.15) is 13.2 Å². The van der Waals surface area contributed by atoms with E-state index < -0.39 is 23.0 Å². The zero-order chi connectivity index (χ0) is 23.8. The number of rotatable bonds is 7. The summed E-state index contributed by atoms with van der Waals surface area (Å²) in [6.07, 6.45) is 4.30. The van der Waals surface area contributed by atoms with Crippen molar-refractivity contribution >= 4 is 33.7 Å². The van der Waals surface area contributed by atoms with Crippen LogP contribution < -0.4 is 32.5 Å². The molecule has 1 aromatic heterocycles. The molecule has 3 aromatic rings. The summed E-state index contributed by atoms with van der Waals surface area (Å²) in [6, 6.07) is 5.49. The van der Waals surface area contributed by atoms with Crippen molar-refractivity contribution in [3.63, 3.8) is 0 Å². The molecule has 0 saturated carbocycles. The van der Waals surface area contributed by atoms with E-state index in [9.17, 15) is 22.8 Å². The number of fused-ring (bicyclic) bond motifs is 1. The average Bonchev–Trinajstić information content (AvgIpc) is 3.17. The molecule has 2 aromatic carbocycles. The lowest BCUT2D eigenvalue weighted by atomic mass is 9.98. The molecular formula is C23H22F3N5O2. The lowest BCUT2D eigenvalue weighted by Gasteiger charge is -2.21. The van der Waals surface area contributed by atoms with E-state index in [0.717, 1.165) is 22.7 Å². The van der Waals surface area contributed by atoms with Gasteiger partial charge in [0.2, 0.25) is 0 Å². The summed E-state index contributed by atoms with van der Waals surface area (Å²) in [7, 11) is 0. The van der Waals surface area contributed by atoms with Crippen molar-refractivity contribution in [1.29, 1.82) is 0 Å². The summed E-state index contributed by atoms with van der Waals surface area (Å²) in [6.45, 7) is 1.85. The van der Waals surface area contributed by atoms with Crippen LogP contribution in [0.2, 0.25) is 0 Å². The molecule has 0 saturated heterocycles. The van der Waals surface area contributed by atoms with Crippen LogP contribution in [0.25, 0.3) is 10.9 Å². The summed E-state index contributed by atoms with van der Waals surface area (Å²) >= 11 is 0. The Morgan fingerprint density at radius 1 is 1.18 bits per heavy atom. The Bertz CT molecular complexity index is 1340. The average molecular weight is 457 g/mol. The van der Waals surface area contributed by atoms with Gasteiger partial charge in [0.1, 0.15) is 11.4 Å². The Balaban J connectivity index is 1.53. The Morgan fingerprint density at radius 2 is 1.91 bits per heavy atom. The maximum absolute atomic E-state index is 12.8. The third-order valence-electron chi connectivity index (χ3n) is 5.29.